The van der Waals surface area contributed by atoms with E-state index in [0.29, 0.717) is 6.42 Å². The van der Waals surface area contributed by atoms with Crippen LogP contribution in [0.25, 0.3) is 0 Å². The van der Waals surface area contributed by atoms with E-state index in [2.05, 4.69) is 4.57 Å². The number of aryl methyl sites for hydroxylation is 1. The first-order valence-electron chi connectivity index (χ1n) is 4.73. The maximum absolute atomic E-state index is 10.7. The standard InChI is InChI=1S/C11H13NO2/c1-8-3-2-6-12(8)10-5-4-9(7-10)11(13)14/h2-6,9-10H,7H2,1H3,(H,13,14)/t9-,10+/m0/s1. The summed E-state index contributed by atoms with van der Waals surface area (Å²) in [7, 11) is 0. The zero-order valence-corrected chi connectivity index (χ0v) is 8.05. The third-order valence-corrected chi connectivity index (χ3v) is 2.73. The molecule has 0 aromatic carbocycles. The van der Waals surface area contributed by atoms with Crippen molar-refractivity contribution in [1.82, 2.24) is 4.57 Å². The van der Waals surface area contributed by atoms with Crippen LogP contribution in [0.5, 0.6) is 0 Å². The third kappa shape index (κ3) is 1.45. The van der Waals surface area contributed by atoms with Gasteiger partial charge in [-0.05, 0) is 25.5 Å². The van der Waals surface area contributed by atoms with Gasteiger partial charge in [-0.1, -0.05) is 12.2 Å². The van der Waals surface area contributed by atoms with E-state index in [9.17, 15) is 4.79 Å². The van der Waals surface area contributed by atoms with E-state index in [0.717, 1.165) is 0 Å². The molecule has 1 heterocycles. The maximum atomic E-state index is 10.7. The van der Waals surface area contributed by atoms with Crippen LogP contribution in [-0.4, -0.2) is 15.6 Å². The lowest BCUT2D eigenvalue weighted by Crippen LogP contribution is -2.12. The van der Waals surface area contributed by atoms with Crippen molar-refractivity contribution in [2.45, 2.75) is 19.4 Å². The van der Waals surface area contributed by atoms with Crippen molar-refractivity contribution in [3.63, 3.8) is 0 Å². The first-order chi connectivity index (χ1) is 6.68. The highest BCUT2D eigenvalue weighted by Gasteiger charge is 2.25. The minimum atomic E-state index is -0.728. The second kappa shape index (κ2) is 3.33. The van der Waals surface area contributed by atoms with Gasteiger partial charge in [0.05, 0.1) is 12.0 Å². The molecule has 2 atom stereocenters. The number of nitrogens with zero attached hydrogens (tertiary/aromatic N) is 1. The van der Waals surface area contributed by atoms with Gasteiger partial charge in [-0.2, -0.15) is 0 Å². The van der Waals surface area contributed by atoms with Gasteiger partial charge in [0.15, 0.2) is 0 Å². The highest BCUT2D eigenvalue weighted by Crippen LogP contribution is 2.28. The lowest BCUT2D eigenvalue weighted by molar-refractivity contribution is -0.140. The fourth-order valence-electron chi connectivity index (χ4n) is 1.92. The number of aliphatic carboxylic acids is 1. The lowest BCUT2D eigenvalue weighted by Gasteiger charge is -2.13. The summed E-state index contributed by atoms with van der Waals surface area (Å²) in [6, 6.07) is 4.23. The zero-order chi connectivity index (χ0) is 10.1. The molecule has 0 spiro atoms. The molecule has 0 unspecified atom stereocenters. The van der Waals surface area contributed by atoms with Crippen molar-refractivity contribution < 1.29 is 9.90 Å². The van der Waals surface area contributed by atoms with Gasteiger partial charge in [-0.25, -0.2) is 0 Å². The van der Waals surface area contributed by atoms with Crippen molar-refractivity contribution in [2.24, 2.45) is 5.92 Å². The Morgan fingerprint density at radius 2 is 2.36 bits per heavy atom. The van der Waals surface area contributed by atoms with Gasteiger partial charge >= 0.3 is 5.97 Å². The number of carbonyl (C=O) groups is 1. The number of allylic oxidation sites excluding steroid dienone is 1. The first-order valence-corrected chi connectivity index (χ1v) is 4.73. The number of carboxylic acid groups (broad SMARTS) is 1. The molecular formula is C11H13NO2. The van der Waals surface area contributed by atoms with Crippen molar-refractivity contribution in [1.29, 1.82) is 0 Å². The highest BCUT2D eigenvalue weighted by atomic mass is 16.4. The molecule has 3 nitrogen and oxygen atoms in total. The van der Waals surface area contributed by atoms with Gasteiger partial charge in [0.1, 0.15) is 0 Å². The summed E-state index contributed by atoms with van der Waals surface area (Å²) in [6.45, 7) is 2.03. The summed E-state index contributed by atoms with van der Waals surface area (Å²) in [4.78, 5) is 10.7. The summed E-state index contributed by atoms with van der Waals surface area (Å²) >= 11 is 0. The van der Waals surface area contributed by atoms with Crippen molar-refractivity contribution in [3.05, 3.63) is 36.2 Å². The molecule has 1 aliphatic carbocycles. The molecule has 3 heteroatoms. The monoisotopic (exact) mass is 191 g/mol. The lowest BCUT2D eigenvalue weighted by atomic mass is 10.1. The highest BCUT2D eigenvalue weighted by molar-refractivity contribution is 5.72. The number of hydrogen-bond acceptors (Lipinski definition) is 1. The molecule has 2 rings (SSSR count). The predicted molar refractivity (Wildman–Crippen MR) is 53.1 cm³/mol. The Morgan fingerprint density at radius 1 is 1.57 bits per heavy atom. The van der Waals surface area contributed by atoms with E-state index in [4.69, 9.17) is 5.11 Å². The molecule has 74 valence electrons. The Bertz CT molecular complexity index is 378. The van der Waals surface area contributed by atoms with Gasteiger partial charge in [-0.3, -0.25) is 4.79 Å². The Balaban J connectivity index is 2.15. The van der Waals surface area contributed by atoms with Crippen LogP contribution in [0.4, 0.5) is 0 Å². The molecule has 0 saturated carbocycles. The van der Waals surface area contributed by atoms with Crippen molar-refractivity contribution >= 4 is 5.97 Å². The molecule has 0 aliphatic heterocycles. The quantitative estimate of drug-likeness (QED) is 0.726. The summed E-state index contributed by atoms with van der Waals surface area (Å²) in [6.07, 6.45) is 6.43. The van der Waals surface area contributed by atoms with Crippen LogP contribution in [0.15, 0.2) is 30.5 Å². The van der Waals surface area contributed by atoms with Gasteiger partial charge in [0.2, 0.25) is 0 Å². The summed E-state index contributed by atoms with van der Waals surface area (Å²) in [5.74, 6) is -1.05. The molecule has 0 amide bonds. The number of hydrogen-bond donors (Lipinski definition) is 1. The summed E-state index contributed by atoms with van der Waals surface area (Å²) in [5.41, 5.74) is 1.17. The molecule has 0 bridgehead atoms. The second-order valence-electron chi connectivity index (χ2n) is 3.69. The number of carboxylic acids is 1. The Labute approximate surface area is 82.7 Å². The first kappa shape index (κ1) is 9.06. The largest absolute Gasteiger partial charge is 0.481 e. The number of aromatic nitrogens is 1. The van der Waals surface area contributed by atoms with E-state index in [1.54, 1.807) is 6.08 Å². The molecule has 0 saturated heterocycles. The van der Waals surface area contributed by atoms with Crippen LogP contribution in [0.1, 0.15) is 18.2 Å². The van der Waals surface area contributed by atoms with Crippen LogP contribution < -0.4 is 0 Å². The molecule has 1 aromatic heterocycles. The number of rotatable bonds is 2. The third-order valence-electron chi connectivity index (χ3n) is 2.73. The molecule has 1 N–H and O–H groups in total. The summed E-state index contributed by atoms with van der Waals surface area (Å²) < 4.78 is 2.11. The van der Waals surface area contributed by atoms with Gasteiger partial charge in [-0.15, -0.1) is 0 Å². The van der Waals surface area contributed by atoms with Crippen LogP contribution in [0.2, 0.25) is 0 Å². The molecular weight excluding hydrogens is 178 g/mol. The predicted octanol–water partition coefficient (Wildman–Crippen LogP) is 2.00. The topological polar surface area (TPSA) is 42.2 Å². The van der Waals surface area contributed by atoms with E-state index in [1.165, 1.54) is 5.69 Å². The molecule has 1 aliphatic rings. The van der Waals surface area contributed by atoms with E-state index in [-0.39, 0.29) is 12.0 Å². The van der Waals surface area contributed by atoms with Gasteiger partial charge in [0.25, 0.3) is 0 Å². The second-order valence-corrected chi connectivity index (χ2v) is 3.69. The minimum Gasteiger partial charge on any atom is -0.481 e. The fraction of sp³-hybridized carbons (Fsp3) is 0.364. The van der Waals surface area contributed by atoms with Gasteiger partial charge < -0.3 is 9.67 Å². The fourth-order valence-corrected chi connectivity index (χ4v) is 1.92. The summed E-state index contributed by atoms with van der Waals surface area (Å²) in [5, 5.41) is 8.84. The minimum absolute atomic E-state index is 0.214. The van der Waals surface area contributed by atoms with E-state index >= 15 is 0 Å². The Kier molecular flexibility index (Phi) is 2.15. The maximum Gasteiger partial charge on any atom is 0.310 e. The van der Waals surface area contributed by atoms with E-state index in [1.807, 2.05) is 31.3 Å². The van der Waals surface area contributed by atoms with Crippen LogP contribution in [0.3, 0.4) is 0 Å². The molecule has 1 aromatic rings. The molecule has 14 heavy (non-hydrogen) atoms. The SMILES string of the molecule is Cc1cccn1[C@@H]1C=C[C@H](C(=O)O)C1. The smallest absolute Gasteiger partial charge is 0.310 e. The van der Waals surface area contributed by atoms with E-state index < -0.39 is 5.97 Å². The normalized spacial score (nSPS) is 25.5. The average molecular weight is 191 g/mol. The van der Waals surface area contributed by atoms with Crippen LogP contribution in [-0.2, 0) is 4.79 Å². The molecule has 0 radical (unpaired) electrons. The van der Waals surface area contributed by atoms with Crippen molar-refractivity contribution in [3.8, 4) is 0 Å². The molecule has 0 fully saturated rings. The average Bonchev–Trinajstić information content (AvgIpc) is 2.71. The van der Waals surface area contributed by atoms with Crippen molar-refractivity contribution in [2.75, 3.05) is 0 Å². The van der Waals surface area contributed by atoms with Crippen LogP contribution >= 0.6 is 0 Å². The zero-order valence-electron chi connectivity index (χ0n) is 8.05. The van der Waals surface area contributed by atoms with Gasteiger partial charge in [0, 0.05) is 11.9 Å². The van der Waals surface area contributed by atoms with Crippen LogP contribution in [0, 0.1) is 12.8 Å². The Morgan fingerprint density at radius 3 is 2.86 bits per heavy atom. The Hall–Kier alpha value is -1.51.